The van der Waals surface area contributed by atoms with Crippen LogP contribution in [0.4, 0.5) is 0 Å². The van der Waals surface area contributed by atoms with E-state index in [9.17, 15) is 13.2 Å². The minimum absolute atomic E-state index is 0.113. The first kappa shape index (κ1) is 14.6. The number of fused-ring (bicyclic) bond motifs is 2. The van der Waals surface area contributed by atoms with Gasteiger partial charge in [0, 0.05) is 18.4 Å². The largest absolute Gasteiger partial charge is 0.352 e. The van der Waals surface area contributed by atoms with Crippen LogP contribution in [0.1, 0.15) is 36.0 Å². The SMILES string of the molecule is CS(=O)(=O)c1ccc(C(=O)NC[C@@H]2C[C@H]3CC[C@H]2C3)cc1. The van der Waals surface area contributed by atoms with Crippen LogP contribution in [-0.4, -0.2) is 27.1 Å². The van der Waals surface area contributed by atoms with Gasteiger partial charge in [-0.25, -0.2) is 8.42 Å². The van der Waals surface area contributed by atoms with E-state index >= 15 is 0 Å². The molecule has 114 valence electrons. The predicted molar refractivity (Wildman–Crippen MR) is 80.8 cm³/mol. The molecule has 1 amide bonds. The van der Waals surface area contributed by atoms with Crippen LogP contribution in [-0.2, 0) is 9.84 Å². The Balaban J connectivity index is 1.58. The van der Waals surface area contributed by atoms with Gasteiger partial charge >= 0.3 is 0 Å². The Morgan fingerprint density at radius 2 is 1.90 bits per heavy atom. The lowest BCUT2D eigenvalue weighted by atomic mass is 9.89. The summed E-state index contributed by atoms with van der Waals surface area (Å²) in [5, 5.41) is 3.00. The molecular weight excluding hydrogens is 286 g/mol. The number of nitrogens with one attached hydrogen (secondary N) is 1. The topological polar surface area (TPSA) is 63.2 Å². The van der Waals surface area contributed by atoms with Gasteiger partial charge in [-0.15, -0.1) is 0 Å². The third-order valence-corrected chi connectivity index (χ3v) is 6.08. The van der Waals surface area contributed by atoms with Crippen LogP contribution < -0.4 is 5.32 Å². The van der Waals surface area contributed by atoms with Gasteiger partial charge in [0.2, 0.25) is 0 Å². The number of amides is 1. The predicted octanol–water partition coefficient (Wildman–Crippen LogP) is 2.26. The zero-order chi connectivity index (χ0) is 15.0. The van der Waals surface area contributed by atoms with Crippen molar-refractivity contribution in [2.24, 2.45) is 17.8 Å². The van der Waals surface area contributed by atoms with Gasteiger partial charge in [0.1, 0.15) is 0 Å². The summed E-state index contributed by atoms with van der Waals surface area (Å²) in [7, 11) is -3.21. The molecule has 1 aromatic rings. The van der Waals surface area contributed by atoms with Crippen molar-refractivity contribution in [2.45, 2.75) is 30.6 Å². The van der Waals surface area contributed by atoms with Gasteiger partial charge in [0.25, 0.3) is 5.91 Å². The standard InChI is InChI=1S/C16H21NO3S/c1-21(19,20)15-6-4-12(5-7-15)16(18)17-10-14-9-11-2-3-13(14)8-11/h4-7,11,13-14H,2-3,8-10H2,1H3,(H,17,18)/t11-,13-,14-/m0/s1. The van der Waals surface area contributed by atoms with Crippen molar-refractivity contribution in [2.75, 3.05) is 12.8 Å². The molecule has 0 aliphatic heterocycles. The Morgan fingerprint density at radius 3 is 2.43 bits per heavy atom. The molecule has 4 nitrogen and oxygen atoms in total. The molecule has 0 unspecified atom stereocenters. The molecule has 0 radical (unpaired) electrons. The first-order valence-corrected chi connectivity index (χ1v) is 9.41. The molecule has 1 N–H and O–H groups in total. The monoisotopic (exact) mass is 307 g/mol. The molecule has 2 fully saturated rings. The highest BCUT2D eigenvalue weighted by molar-refractivity contribution is 7.90. The summed E-state index contributed by atoms with van der Waals surface area (Å²) in [6.07, 6.45) is 6.43. The fraction of sp³-hybridized carbons (Fsp3) is 0.562. The van der Waals surface area contributed by atoms with Crippen LogP contribution in [0.3, 0.4) is 0 Å². The molecule has 0 spiro atoms. The third-order valence-electron chi connectivity index (χ3n) is 4.95. The van der Waals surface area contributed by atoms with E-state index in [2.05, 4.69) is 5.32 Å². The average molecular weight is 307 g/mol. The number of rotatable bonds is 4. The van der Waals surface area contributed by atoms with Gasteiger partial charge in [-0.1, -0.05) is 6.42 Å². The number of benzene rings is 1. The molecule has 3 atom stereocenters. The molecule has 0 heterocycles. The van der Waals surface area contributed by atoms with E-state index in [0.29, 0.717) is 11.5 Å². The van der Waals surface area contributed by atoms with Crippen LogP contribution >= 0.6 is 0 Å². The van der Waals surface area contributed by atoms with E-state index < -0.39 is 9.84 Å². The Morgan fingerprint density at radius 1 is 1.19 bits per heavy atom. The minimum atomic E-state index is -3.21. The molecule has 0 aromatic heterocycles. The summed E-state index contributed by atoms with van der Waals surface area (Å²) in [6, 6.07) is 6.13. The maximum Gasteiger partial charge on any atom is 0.251 e. The van der Waals surface area contributed by atoms with E-state index in [4.69, 9.17) is 0 Å². The molecule has 1 aromatic carbocycles. The lowest BCUT2D eigenvalue weighted by Crippen LogP contribution is -2.31. The molecule has 2 bridgehead atoms. The second-order valence-corrected chi connectivity index (χ2v) is 8.46. The van der Waals surface area contributed by atoms with E-state index in [0.717, 1.165) is 24.6 Å². The summed E-state index contributed by atoms with van der Waals surface area (Å²) in [5.41, 5.74) is 0.519. The summed E-state index contributed by atoms with van der Waals surface area (Å²) < 4.78 is 22.8. The van der Waals surface area contributed by atoms with E-state index in [-0.39, 0.29) is 10.8 Å². The highest BCUT2D eigenvalue weighted by Crippen LogP contribution is 2.47. The van der Waals surface area contributed by atoms with Crippen LogP contribution in [0.2, 0.25) is 0 Å². The van der Waals surface area contributed by atoms with Gasteiger partial charge in [0.05, 0.1) is 4.90 Å². The number of sulfone groups is 1. The minimum Gasteiger partial charge on any atom is -0.352 e. The second-order valence-electron chi connectivity index (χ2n) is 6.44. The van der Waals surface area contributed by atoms with Gasteiger partial charge in [-0.05, 0) is 61.3 Å². The average Bonchev–Trinajstić information content (AvgIpc) is 3.06. The zero-order valence-electron chi connectivity index (χ0n) is 12.2. The first-order chi connectivity index (χ1) is 9.93. The molecule has 2 aliphatic rings. The van der Waals surface area contributed by atoms with Crippen molar-refractivity contribution < 1.29 is 13.2 Å². The van der Waals surface area contributed by atoms with Crippen molar-refractivity contribution in [1.29, 1.82) is 0 Å². The molecule has 2 saturated carbocycles. The summed E-state index contributed by atoms with van der Waals surface area (Å²) in [4.78, 5) is 12.4. The molecule has 5 heteroatoms. The van der Waals surface area contributed by atoms with Crippen LogP contribution in [0.25, 0.3) is 0 Å². The van der Waals surface area contributed by atoms with Crippen LogP contribution in [0.15, 0.2) is 29.2 Å². The van der Waals surface area contributed by atoms with E-state index in [1.54, 1.807) is 12.1 Å². The molecule has 3 rings (SSSR count). The highest BCUT2D eigenvalue weighted by atomic mass is 32.2. The fourth-order valence-electron chi connectivity index (χ4n) is 3.81. The normalized spacial score (nSPS) is 27.8. The number of hydrogen-bond acceptors (Lipinski definition) is 3. The van der Waals surface area contributed by atoms with Crippen LogP contribution in [0.5, 0.6) is 0 Å². The Bertz CT molecular complexity index is 636. The zero-order valence-corrected chi connectivity index (χ0v) is 13.0. The summed E-state index contributed by atoms with van der Waals surface area (Å²) in [6.45, 7) is 0.744. The molecule has 2 aliphatic carbocycles. The van der Waals surface area contributed by atoms with Gasteiger partial charge in [0.15, 0.2) is 9.84 Å². The van der Waals surface area contributed by atoms with Gasteiger partial charge in [-0.3, -0.25) is 4.79 Å². The first-order valence-electron chi connectivity index (χ1n) is 7.52. The molecule has 0 saturated heterocycles. The Kier molecular flexibility index (Phi) is 3.78. The van der Waals surface area contributed by atoms with Crippen molar-refractivity contribution in [1.82, 2.24) is 5.32 Å². The number of carbonyl (C=O) groups excluding carboxylic acids is 1. The third kappa shape index (κ3) is 3.12. The number of carbonyl (C=O) groups is 1. The summed E-state index contributed by atoms with van der Waals surface area (Å²) in [5.74, 6) is 2.19. The fourth-order valence-corrected chi connectivity index (χ4v) is 4.44. The van der Waals surface area contributed by atoms with Gasteiger partial charge in [-0.2, -0.15) is 0 Å². The Hall–Kier alpha value is -1.36. The molecule has 21 heavy (non-hydrogen) atoms. The highest BCUT2D eigenvalue weighted by Gasteiger charge is 2.39. The Labute approximate surface area is 125 Å². The van der Waals surface area contributed by atoms with Gasteiger partial charge < -0.3 is 5.32 Å². The van der Waals surface area contributed by atoms with Crippen molar-refractivity contribution >= 4 is 15.7 Å². The smallest absolute Gasteiger partial charge is 0.251 e. The maximum absolute atomic E-state index is 12.1. The summed E-state index contributed by atoms with van der Waals surface area (Å²) >= 11 is 0. The van der Waals surface area contributed by atoms with Crippen molar-refractivity contribution in [3.63, 3.8) is 0 Å². The van der Waals surface area contributed by atoms with E-state index in [1.807, 2.05) is 0 Å². The lowest BCUT2D eigenvalue weighted by molar-refractivity contribution is 0.0941. The van der Waals surface area contributed by atoms with Crippen LogP contribution in [0, 0.1) is 17.8 Å². The lowest BCUT2D eigenvalue weighted by Gasteiger charge is -2.21. The quantitative estimate of drug-likeness (QED) is 0.928. The maximum atomic E-state index is 12.1. The number of hydrogen-bond donors (Lipinski definition) is 1. The van der Waals surface area contributed by atoms with Crippen molar-refractivity contribution in [3.8, 4) is 0 Å². The van der Waals surface area contributed by atoms with E-state index in [1.165, 1.54) is 37.8 Å². The molecular formula is C16H21NO3S. The van der Waals surface area contributed by atoms with Crippen molar-refractivity contribution in [3.05, 3.63) is 29.8 Å². The second kappa shape index (κ2) is 5.44.